The molecule has 0 radical (unpaired) electrons. The van der Waals surface area contributed by atoms with Gasteiger partial charge >= 0.3 is 0 Å². The van der Waals surface area contributed by atoms with Crippen molar-refractivity contribution >= 4 is 17.3 Å². The van der Waals surface area contributed by atoms with E-state index in [4.69, 9.17) is 17.3 Å². The van der Waals surface area contributed by atoms with E-state index in [0.29, 0.717) is 10.7 Å². The first-order valence-electron chi connectivity index (χ1n) is 4.65. The van der Waals surface area contributed by atoms with Crippen LogP contribution in [0.5, 0.6) is 0 Å². The summed E-state index contributed by atoms with van der Waals surface area (Å²) in [5, 5.41) is 0.585. The lowest BCUT2D eigenvalue weighted by Gasteiger charge is -2.04. The van der Waals surface area contributed by atoms with Crippen molar-refractivity contribution in [3.05, 3.63) is 47.2 Å². The maximum absolute atomic E-state index is 5.96. The van der Waals surface area contributed by atoms with Crippen LogP contribution in [-0.4, -0.2) is 4.98 Å². The lowest BCUT2D eigenvalue weighted by atomic mass is 10.1. The summed E-state index contributed by atoms with van der Waals surface area (Å²) in [5.41, 5.74) is 9.40. The van der Waals surface area contributed by atoms with Gasteiger partial charge < -0.3 is 5.73 Å². The van der Waals surface area contributed by atoms with Crippen LogP contribution in [0.2, 0.25) is 5.02 Å². The average molecular weight is 219 g/mol. The number of hydrogen-bond donors (Lipinski definition) is 1. The summed E-state index contributed by atoms with van der Waals surface area (Å²) >= 11 is 5.96. The maximum atomic E-state index is 5.96. The molecule has 1 aromatic heterocycles. The van der Waals surface area contributed by atoms with Crippen LogP contribution < -0.4 is 5.73 Å². The molecule has 1 heterocycles. The minimum absolute atomic E-state index is 0.585. The third kappa shape index (κ3) is 2.10. The van der Waals surface area contributed by atoms with Crippen molar-refractivity contribution in [1.29, 1.82) is 0 Å². The monoisotopic (exact) mass is 218 g/mol. The minimum atomic E-state index is 0.585. The molecule has 0 spiro atoms. The summed E-state index contributed by atoms with van der Waals surface area (Å²) in [4.78, 5) is 4.15. The van der Waals surface area contributed by atoms with E-state index in [0.717, 1.165) is 16.8 Å². The highest BCUT2D eigenvalue weighted by Gasteiger charge is 2.01. The number of aromatic nitrogens is 1. The average Bonchev–Trinajstić information content (AvgIpc) is 2.22. The fraction of sp³-hybridized carbons (Fsp3) is 0.0833. The zero-order valence-electron chi connectivity index (χ0n) is 8.37. The lowest BCUT2D eigenvalue weighted by Crippen LogP contribution is -1.87. The molecular formula is C12H11ClN2. The van der Waals surface area contributed by atoms with Crippen LogP contribution in [0.3, 0.4) is 0 Å². The summed E-state index contributed by atoms with van der Waals surface area (Å²) in [6.45, 7) is 1.96. The Bertz CT molecular complexity index is 495. The largest absolute Gasteiger partial charge is 0.398 e. The van der Waals surface area contributed by atoms with Gasteiger partial charge in [-0.15, -0.1) is 0 Å². The summed E-state index contributed by atoms with van der Waals surface area (Å²) in [6.07, 6.45) is 1.79. The van der Waals surface area contributed by atoms with Gasteiger partial charge in [-0.1, -0.05) is 17.7 Å². The van der Waals surface area contributed by atoms with Crippen LogP contribution in [0.4, 0.5) is 5.69 Å². The van der Waals surface area contributed by atoms with Gasteiger partial charge in [0, 0.05) is 11.9 Å². The van der Waals surface area contributed by atoms with Crippen molar-refractivity contribution in [2.45, 2.75) is 6.92 Å². The predicted octanol–water partition coefficient (Wildman–Crippen LogP) is 3.29. The van der Waals surface area contributed by atoms with Gasteiger partial charge in [-0.25, -0.2) is 0 Å². The van der Waals surface area contributed by atoms with Crippen LogP contribution in [0.15, 0.2) is 36.5 Å². The molecule has 15 heavy (non-hydrogen) atoms. The molecule has 2 nitrogen and oxygen atoms in total. The number of anilines is 1. The van der Waals surface area contributed by atoms with Gasteiger partial charge in [-0.05, 0) is 42.3 Å². The minimum Gasteiger partial charge on any atom is -0.398 e. The third-order valence-corrected chi connectivity index (χ3v) is 2.56. The van der Waals surface area contributed by atoms with Crippen molar-refractivity contribution in [2.75, 3.05) is 5.73 Å². The maximum Gasteiger partial charge on any atom is 0.0641 e. The first-order valence-corrected chi connectivity index (χ1v) is 5.02. The van der Waals surface area contributed by atoms with Crippen molar-refractivity contribution in [1.82, 2.24) is 4.98 Å². The number of nitrogens with two attached hydrogens (primary N) is 1. The van der Waals surface area contributed by atoms with E-state index in [1.165, 1.54) is 0 Å². The van der Waals surface area contributed by atoms with E-state index in [1.54, 1.807) is 6.20 Å². The van der Waals surface area contributed by atoms with E-state index in [1.807, 2.05) is 37.3 Å². The Hall–Kier alpha value is -1.54. The van der Waals surface area contributed by atoms with Gasteiger partial charge in [0.05, 0.1) is 10.7 Å². The molecule has 0 fully saturated rings. The number of hydrogen-bond acceptors (Lipinski definition) is 2. The highest BCUT2D eigenvalue weighted by molar-refractivity contribution is 6.33. The zero-order valence-corrected chi connectivity index (χ0v) is 9.12. The molecular weight excluding hydrogens is 208 g/mol. The quantitative estimate of drug-likeness (QED) is 0.746. The fourth-order valence-corrected chi connectivity index (χ4v) is 1.61. The van der Waals surface area contributed by atoms with Gasteiger partial charge in [0.15, 0.2) is 0 Å². The lowest BCUT2D eigenvalue weighted by molar-refractivity contribution is 1.20. The second-order valence-electron chi connectivity index (χ2n) is 3.42. The SMILES string of the molecule is Cc1cc(-c2ccc(N)c(Cl)c2)ccn1. The number of rotatable bonds is 1. The number of halogens is 1. The second kappa shape index (κ2) is 3.91. The van der Waals surface area contributed by atoms with Crippen LogP contribution in [0, 0.1) is 6.92 Å². The van der Waals surface area contributed by atoms with E-state index in [-0.39, 0.29) is 0 Å². The molecule has 2 N–H and O–H groups in total. The first kappa shape index (κ1) is 9.99. The second-order valence-corrected chi connectivity index (χ2v) is 3.83. The van der Waals surface area contributed by atoms with Crippen molar-refractivity contribution < 1.29 is 0 Å². The number of benzene rings is 1. The van der Waals surface area contributed by atoms with Gasteiger partial charge in [0.2, 0.25) is 0 Å². The molecule has 0 saturated heterocycles. The molecule has 0 aliphatic rings. The molecule has 0 aliphatic carbocycles. The van der Waals surface area contributed by atoms with Gasteiger partial charge in [0.25, 0.3) is 0 Å². The molecule has 76 valence electrons. The Kier molecular flexibility index (Phi) is 2.60. The zero-order chi connectivity index (χ0) is 10.8. The van der Waals surface area contributed by atoms with Gasteiger partial charge in [-0.2, -0.15) is 0 Å². The Morgan fingerprint density at radius 1 is 1.13 bits per heavy atom. The molecule has 3 heteroatoms. The van der Waals surface area contributed by atoms with Crippen molar-refractivity contribution in [3.63, 3.8) is 0 Å². The van der Waals surface area contributed by atoms with Crippen LogP contribution in [-0.2, 0) is 0 Å². The highest BCUT2D eigenvalue weighted by atomic mass is 35.5. The Labute approximate surface area is 93.7 Å². The molecule has 2 aromatic rings. The van der Waals surface area contributed by atoms with Crippen LogP contribution >= 0.6 is 11.6 Å². The molecule has 0 aliphatic heterocycles. The summed E-state index contributed by atoms with van der Waals surface area (Å²) < 4.78 is 0. The van der Waals surface area contributed by atoms with E-state index in [2.05, 4.69) is 4.98 Å². The predicted molar refractivity (Wildman–Crippen MR) is 63.8 cm³/mol. The molecule has 1 aromatic carbocycles. The van der Waals surface area contributed by atoms with Crippen LogP contribution in [0.1, 0.15) is 5.69 Å². The molecule has 0 amide bonds. The van der Waals surface area contributed by atoms with E-state index in [9.17, 15) is 0 Å². The Balaban J connectivity index is 2.50. The normalized spacial score (nSPS) is 10.3. The molecule has 0 saturated carbocycles. The summed E-state index contributed by atoms with van der Waals surface area (Å²) in [6, 6.07) is 9.60. The number of pyridine rings is 1. The van der Waals surface area contributed by atoms with E-state index >= 15 is 0 Å². The topological polar surface area (TPSA) is 38.9 Å². The fourth-order valence-electron chi connectivity index (χ4n) is 1.43. The molecule has 0 atom stereocenters. The standard InChI is InChI=1S/C12H11ClN2/c1-8-6-10(4-5-15-8)9-2-3-12(14)11(13)7-9/h2-7H,14H2,1H3. The highest BCUT2D eigenvalue weighted by Crippen LogP contribution is 2.26. The Morgan fingerprint density at radius 2 is 1.87 bits per heavy atom. The van der Waals surface area contributed by atoms with Crippen molar-refractivity contribution in [2.24, 2.45) is 0 Å². The number of aryl methyl sites for hydroxylation is 1. The molecule has 2 rings (SSSR count). The van der Waals surface area contributed by atoms with Gasteiger partial charge in [0.1, 0.15) is 0 Å². The van der Waals surface area contributed by atoms with Gasteiger partial charge in [-0.3, -0.25) is 4.98 Å². The van der Waals surface area contributed by atoms with E-state index < -0.39 is 0 Å². The summed E-state index contributed by atoms with van der Waals surface area (Å²) in [5.74, 6) is 0. The number of nitrogen functional groups attached to an aromatic ring is 1. The number of nitrogens with zero attached hydrogens (tertiary/aromatic N) is 1. The summed E-state index contributed by atoms with van der Waals surface area (Å²) in [7, 11) is 0. The third-order valence-electron chi connectivity index (χ3n) is 2.23. The Morgan fingerprint density at radius 3 is 2.53 bits per heavy atom. The molecule has 0 bridgehead atoms. The molecule has 0 unspecified atom stereocenters. The van der Waals surface area contributed by atoms with Crippen LogP contribution in [0.25, 0.3) is 11.1 Å². The first-order chi connectivity index (χ1) is 7.16. The van der Waals surface area contributed by atoms with Crippen molar-refractivity contribution in [3.8, 4) is 11.1 Å². The smallest absolute Gasteiger partial charge is 0.0641 e.